The van der Waals surface area contributed by atoms with Crippen LogP contribution in [0.4, 0.5) is 0 Å². The Morgan fingerprint density at radius 2 is 1.94 bits per heavy atom. The third kappa shape index (κ3) is 4.94. The van der Waals surface area contributed by atoms with Gasteiger partial charge < -0.3 is 5.32 Å². The highest BCUT2D eigenvalue weighted by Gasteiger charge is 2.16. The van der Waals surface area contributed by atoms with Gasteiger partial charge in [-0.3, -0.25) is 0 Å². The minimum Gasteiger partial charge on any atom is -0.309 e. The lowest BCUT2D eigenvalue weighted by Crippen LogP contribution is -2.25. The molecule has 90 valence electrons. The van der Waals surface area contributed by atoms with Gasteiger partial charge in [0.25, 0.3) is 0 Å². The summed E-state index contributed by atoms with van der Waals surface area (Å²) in [6.07, 6.45) is 5.36. The molecule has 0 aliphatic heterocycles. The average Bonchev–Trinajstić information content (AvgIpc) is 2.24. The van der Waals surface area contributed by atoms with Crippen molar-refractivity contribution < 1.29 is 0 Å². The summed E-state index contributed by atoms with van der Waals surface area (Å²) in [6.45, 7) is 9.80. The molecular weight excluding hydrogens is 218 g/mol. The summed E-state index contributed by atoms with van der Waals surface area (Å²) in [4.78, 5) is 8.14. The SMILES string of the molecule is CCNC(CSC(C)(C)C)c1cncnc1. The van der Waals surface area contributed by atoms with Crippen LogP contribution in [0.15, 0.2) is 18.7 Å². The van der Waals surface area contributed by atoms with E-state index in [4.69, 9.17) is 0 Å². The fourth-order valence-corrected chi connectivity index (χ4v) is 2.32. The zero-order chi connectivity index (χ0) is 12.0. The van der Waals surface area contributed by atoms with E-state index in [1.165, 1.54) is 5.56 Å². The van der Waals surface area contributed by atoms with Crippen molar-refractivity contribution >= 4 is 11.8 Å². The molecule has 0 aromatic carbocycles. The zero-order valence-electron chi connectivity index (χ0n) is 10.5. The van der Waals surface area contributed by atoms with E-state index in [1.807, 2.05) is 24.2 Å². The van der Waals surface area contributed by atoms with Crippen molar-refractivity contribution in [1.82, 2.24) is 15.3 Å². The van der Waals surface area contributed by atoms with Crippen molar-refractivity contribution in [3.63, 3.8) is 0 Å². The van der Waals surface area contributed by atoms with E-state index in [0.29, 0.717) is 10.8 Å². The molecule has 1 rings (SSSR count). The van der Waals surface area contributed by atoms with Crippen molar-refractivity contribution in [2.24, 2.45) is 0 Å². The van der Waals surface area contributed by atoms with Crippen LogP contribution >= 0.6 is 11.8 Å². The Morgan fingerprint density at radius 3 is 2.44 bits per heavy atom. The topological polar surface area (TPSA) is 37.8 Å². The number of rotatable bonds is 5. The molecule has 16 heavy (non-hydrogen) atoms. The molecule has 1 aromatic rings. The minimum absolute atomic E-state index is 0.295. The van der Waals surface area contributed by atoms with Crippen LogP contribution in [0, 0.1) is 0 Å². The van der Waals surface area contributed by atoms with Gasteiger partial charge >= 0.3 is 0 Å². The second kappa shape index (κ2) is 6.21. The molecule has 1 N–H and O–H groups in total. The smallest absolute Gasteiger partial charge is 0.115 e. The van der Waals surface area contributed by atoms with Crippen LogP contribution in [0.2, 0.25) is 0 Å². The molecule has 0 saturated heterocycles. The van der Waals surface area contributed by atoms with Gasteiger partial charge in [-0.2, -0.15) is 11.8 Å². The molecule has 1 unspecified atom stereocenters. The molecule has 0 saturated carbocycles. The molecule has 4 heteroatoms. The Kier molecular flexibility index (Phi) is 5.22. The Morgan fingerprint density at radius 1 is 1.31 bits per heavy atom. The lowest BCUT2D eigenvalue weighted by atomic mass is 10.2. The van der Waals surface area contributed by atoms with Crippen molar-refractivity contribution in [1.29, 1.82) is 0 Å². The molecule has 1 aromatic heterocycles. The zero-order valence-corrected chi connectivity index (χ0v) is 11.3. The van der Waals surface area contributed by atoms with E-state index in [2.05, 4.69) is 43.0 Å². The van der Waals surface area contributed by atoms with Gasteiger partial charge in [0.05, 0.1) is 0 Å². The van der Waals surface area contributed by atoms with Crippen LogP contribution in [0.25, 0.3) is 0 Å². The van der Waals surface area contributed by atoms with Gasteiger partial charge in [-0.25, -0.2) is 9.97 Å². The Labute approximate surface area is 102 Å². The van der Waals surface area contributed by atoms with E-state index in [0.717, 1.165) is 12.3 Å². The molecule has 1 atom stereocenters. The molecule has 0 bridgehead atoms. The quantitative estimate of drug-likeness (QED) is 0.857. The summed E-state index contributed by atoms with van der Waals surface area (Å²) in [5.74, 6) is 1.05. The second-order valence-electron chi connectivity index (χ2n) is 4.71. The van der Waals surface area contributed by atoms with Gasteiger partial charge in [0.15, 0.2) is 0 Å². The number of thioether (sulfide) groups is 1. The highest BCUT2D eigenvalue weighted by molar-refractivity contribution is 8.00. The van der Waals surface area contributed by atoms with Crippen molar-refractivity contribution in [3.8, 4) is 0 Å². The Balaban J connectivity index is 2.61. The predicted molar refractivity (Wildman–Crippen MR) is 70.7 cm³/mol. The third-order valence-electron chi connectivity index (χ3n) is 2.12. The standard InChI is InChI=1S/C12H21N3S/c1-5-15-11(8-16-12(2,3)4)10-6-13-9-14-7-10/h6-7,9,11,15H,5,8H2,1-4H3. The number of nitrogens with one attached hydrogen (secondary N) is 1. The van der Waals surface area contributed by atoms with Crippen molar-refractivity contribution in [3.05, 3.63) is 24.3 Å². The highest BCUT2D eigenvalue weighted by Crippen LogP contribution is 2.27. The fraction of sp³-hybridized carbons (Fsp3) is 0.667. The molecule has 3 nitrogen and oxygen atoms in total. The maximum Gasteiger partial charge on any atom is 0.115 e. The van der Waals surface area contributed by atoms with Crippen LogP contribution in [0.5, 0.6) is 0 Å². The molecule has 1 heterocycles. The molecule has 0 radical (unpaired) electrons. The van der Waals surface area contributed by atoms with Crippen LogP contribution in [-0.2, 0) is 0 Å². The normalized spacial score (nSPS) is 13.8. The molecular formula is C12H21N3S. The first-order valence-corrected chi connectivity index (χ1v) is 6.63. The number of hydrogen-bond acceptors (Lipinski definition) is 4. The van der Waals surface area contributed by atoms with Gasteiger partial charge in [0, 0.05) is 34.5 Å². The van der Waals surface area contributed by atoms with Crippen molar-refractivity contribution in [2.45, 2.75) is 38.5 Å². The highest BCUT2D eigenvalue weighted by atomic mass is 32.2. The summed E-state index contributed by atoms with van der Waals surface area (Å²) in [5, 5.41) is 3.47. The predicted octanol–water partition coefficient (Wildman–Crippen LogP) is 2.66. The number of aromatic nitrogens is 2. The van der Waals surface area contributed by atoms with E-state index >= 15 is 0 Å². The maximum absolute atomic E-state index is 4.07. The Hall–Kier alpha value is -0.610. The van der Waals surface area contributed by atoms with Crippen LogP contribution < -0.4 is 5.32 Å². The van der Waals surface area contributed by atoms with E-state index in [-0.39, 0.29) is 0 Å². The van der Waals surface area contributed by atoms with E-state index < -0.39 is 0 Å². The van der Waals surface area contributed by atoms with Gasteiger partial charge in [0.1, 0.15) is 6.33 Å². The average molecular weight is 239 g/mol. The lowest BCUT2D eigenvalue weighted by molar-refractivity contribution is 0.598. The fourth-order valence-electron chi connectivity index (χ4n) is 1.34. The van der Waals surface area contributed by atoms with Crippen LogP contribution in [0.1, 0.15) is 39.3 Å². The molecule has 0 aliphatic rings. The minimum atomic E-state index is 0.295. The second-order valence-corrected chi connectivity index (χ2v) is 6.55. The first-order valence-electron chi connectivity index (χ1n) is 5.65. The summed E-state index contributed by atoms with van der Waals surface area (Å²) >= 11 is 1.96. The number of hydrogen-bond donors (Lipinski definition) is 1. The van der Waals surface area contributed by atoms with E-state index in [1.54, 1.807) is 6.33 Å². The monoisotopic (exact) mass is 239 g/mol. The maximum atomic E-state index is 4.07. The number of nitrogens with zero attached hydrogens (tertiary/aromatic N) is 2. The Bertz CT molecular complexity index is 295. The van der Waals surface area contributed by atoms with Gasteiger partial charge in [0.2, 0.25) is 0 Å². The third-order valence-corrected chi connectivity index (χ3v) is 3.48. The summed E-state index contributed by atoms with van der Waals surface area (Å²) < 4.78 is 0.295. The largest absolute Gasteiger partial charge is 0.309 e. The summed E-state index contributed by atoms with van der Waals surface area (Å²) in [5.41, 5.74) is 1.17. The van der Waals surface area contributed by atoms with E-state index in [9.17, 15) is 0 Å². The van der Waals surface area contributed by atoms with Crippen molar-refractivity contribution in [2.75, 3.05) is 12.3 Å². The lowest BCUT2D eigenvalue weighted by Gasteiger charge is -2.23. The van der Waals surface area contributed by atoms with Gasteiger partial charge in [-0.15, -0.1) is 0 Å². The van der Waals surface area contributed by atoms with Crippen LogP contribution in [-0.4, -0.2) is 27.0 Å². The molecule has 0 fully saturated rings. The molecule has 0 aliphatic carbocycles. The molecule has 0 amide bonds. The van der Waals surface area contributed by atoms with Gasteiger partial charge in [-0.05, 0) is 6.54 Å². The summed E-state index contributed by atoms with van der Waals surface area (Å²) in [7, 11) is 0. The van der Waals surface area contributed by atoms with Crippen LogP contribution in [0.3, 0.4) is 0 Å². The first-order chi connectivity index (χ1) is 7.53. The summed E-state index contributed by atoms with van der Waals surface area (Å²) in [6, 6.07) is 0.343. The first kappa shape index (κ1) is 13.5. The molecule has 0 spiro atoms. The van der Waals surface area contributed by atoms with Gasteiger partial charge in [-0.1, -0.05) is 27.7 Å².